The minimum atomic E-state index is -3.93. The van der Waals surface area contributed by atoms with Gasteiger partial charge in [-0.25, -0.2) is 8.42 Å². The maximum Gasteiger partial charge on any atom is 0.267 e. The molecule has 3 aromatic rings. The Kier molecular flexibility index (Phi) is 6.23. The van der Waals surface area contributed by atoms with Gasteiger partial charge in [0.15, 0.2) is 6.10 Å². The summed E-state index contributed by atoms with van der Waals surface area (Å²) in [6, 6.07) is 16.6. The van der Waals surface area contributed by atoms with E-state index in [0.29, 0.717) is 27.9 Å². The van der Waals surface area contributed by atoms with Crippen molar-refractivity contribution in [2.45, 2.75) is 24.8 Å². The number of carbonyl (C=O) groups is 1. The van der Waals surface area contributed by atoms with Crippen molar-refractivity contribution in [2.75, 3.05) is 23.3 Å². The first-order chi connectivity index (χ1) is 15.7. The van der Waals surface area contributed by atoms with Crippen molar-refractivity contribution in [1.29, 1.82) is 0 Å². The molecule has 0 bridgehead atoms. The molecule has 1 N–H and O–H groups in total. The fraction of sp³-hybridized carbons (Fsp3) is 0.208. The molecule has 0 saturated heterocycles. The van der Waals surface area contributed by atoms with Crippen LogP contribution in [-0.2, 0) is 14.8 Å². The Morgan fingerprint density at radius 3 is 2.42 bits per heavy atom. The molecule has 33 heavy (non-hydrogen) atoms. The molecule has 172 valence electrons. The second-order valence-electron chi connectivity index (χ2n) is 7.77. The largest absolute Gasteiger partial charge is 0.495 e. The van der Waals surface area contributed by atoms with Crippen LogP contribution < -0.4 is 19.1 Å². The highest BCUT2D eigenvalue weighted by atomic mass is 35.5. The Morgan fingerprint density at radius 1 is 1.06 bits per heavy atom. The summed E-state index contributed by atoms with van der Waals surface area (Å²) in [6.45, 7) is 3.57. The standard InChI is InChI=1S/C24H23ClN2O5S/c1-15-4-8-18(9-5-15)33(29,30)27-14-23(32-22-10-6-16(2)12-20(22)27)24(28)26-17-7-11-21(31-3)19(25)13-17/h4-13,23H,14H2,1-3H3,(H,26,28)/t23-/m0/s1. The summed E-state index contributed by atoms with van der Waals surface area (Å²) in [5, 5.41) is 3.08. The number of aryl methyl sites for hydroxylation is 2. The molecule has 9 heteroatoms. The topological polar surface area (TPSA) is 84.9 Å². The molecule has 1 atom stereocenters. The fourth-order valence-electron chi connectivity index (χ4n) is 3.53. The van der Waals surface area contributed by atoms with Crippen LogP contribution in [0.2, 0.25) is 5.02 Å². The number of hydrogen-bond acceptors (Lipinski definition) is 5. The Bertz CT molecular complexity index is 1310. The number of anilines is 2. The van der Waals surface area contributed by atoms with Crippen molar-refractivity contribution < 1.29 is 22.7 Å². The van der Waals surface area contributed by atoms with E-state index in [1.807, 2.05) is 13.8 Å². The maximum atomic E-state index is 13.5. The number of halogens is 1. The molecule has 1 heterocycles. The van der Waals surface area contributed by atoms with E-state index in [4.69, 9.17) is 21.1 Å². The molecule has 0 spiro atoms. The van der Waals surface area contributed by atoms with Crippen LogP contribution >= 0.6 is 11.6 Å². The Balaban J connectivity index is 1.67. The molecule has 1 aliphatic heterocycles. The van der Waals surface area contributed by atoms with Crippen molar-refractivity contribution in [3.05, 3.63) is 76.8 Å². The lowest BCUT2D eigenvalue weighted by atomic mass is 10.1. The van der Waals surface area contributed by atoms with Gasteiger partial charge in [0.2, 0.25) is 0 Å². The van der Waals surface area contributed by atoms with Gasteiger partial charge in [0, 0.05) is 5.69 Å². The molecule has 0 fully saturated rings. The van der Waals surface area contributed by atoms with Crippen molar-refractivity contribution in [3.63, 3.8) is 0 Å². The number of carbonyl (C=O) groups excluding carboxylic acids is 1. The Hall–Kier alpha value is -3.23. The van der Waals surface area contributed by atoms with Crippen molar-refractivity contribution in [3.8, 4) is 11.5 Å². The van der Waals surface area contributed by atoms with Crippen molar-refractivity contribution in [1.82, 2.24) is 0 Å². The number of nitrogens with one attached hydrogen (secondary N) is 1. The number of benzene rings is 3. The summed E-state index contributed by atoms with van der Waals surface area (Å²) in [6.07, 6.45) is -1.07. The van der Waals surface area contributed by atoms with Gasteiger partial charge < -0.3 is 14.8 Å². The molecule has 0 aromatic heterocycles. The highest BCUT2D eigenvalue weighted by Gasteiger charge is 2.37. The molecule has 0 aliphatic carbocycles. The lowest BCUT2D eigenvalue weighted by Crippen LogP contribution is -2.48. The minimum Gasteiger partial charge on any atom is -0.495 e. The van der Waals surface area contributed by atoms with Crippen molar-refractivity contribution in [2.24, 2.45) is 0 Å². The minimum absolute atomic E-state index is 0.142. The van der Waals surface area contributed by atoms with Gasteiger partial charge in [0.05, 0.1) is 29.3 Å². The number of amides is 1. The molecule has 1 amide bonds. The van der Waals surface area contributed by atoms with E-state index in [0.717, 1.165) is 11.1 Å². The first-order valence-corrected chi connectivity index (χ1v) is 12.0. The van der Waals surface area contributed by atoms with Gasteiger partial charge in [0.1, 0.15) is 11.5 Å². The van der Waals surface area contributed by atoms with Crippen LogP contribution in [-0.4, -0.2) is 34.1 Å². The van der Waals surface area contributed by atoms with Gasteiger partial charge in [-0.05, 0) is 61.9 Å². The molecule has 0 saturated carbocycles. The van der Waals surface area contributed by atoms with E-state index in [1.54, 1.807) is 60.7 Å². The van der Waals surface area contributed by atoms with Crippen LogP contribution in [0.1, 0.15) is 11.1 Å². The first kappa shape index (κ1) is 22.9. The van der Waals surface area contributed by atoms with Crippen LogP contribution in [0.4, 0.5) is 11.4 Å². The molecular formula is C24H23ClN2O5S. The first-order valence-electron chi connectivity index (χ1n) is 10.2. The van der Waals surface area contributed by atoms with Gasteiger partial charge in [-0.1, -0.05) is 35.4 Å². The quantitative estimate of drug-likeness (QED) is 0.571. The lowest BCUT2D eigenvalue weighted by molar-refractivity contribution is -0.122. The van der Waals surface area contributed by atoms with E-state index < -0.39 is 22.0 Å². The highest BCUT2D eigenvalue weighted by Crippen LogP contribution is 2.38. The molecule has 1 aliphatic rings. The van der Waals surface area contributed by atoms with Gasteiger partial charge in [-0.2, -0.15) is 0 Å². The van der Waals surface area contributed by atoms with E-state index in [1.165, 1.54) is 11.4 Å². The second kappa shape index (κ2) is 8.96. The second-order valence-corrected chi connectivity index (χ2v) is 10.0. The number of rotatable bonds is 5. The average molecular weight is 487 g/mol. The molecule has 0 unspecified atom stereocenters. The third-order valence-corrected chi connectivity index (χ3v) is 7.39. The van der Waals surface area contributed by atoms with Crippen molar-refractivity contribution >= 4 is 38.9 Å². The number of hydrogen-bond donors (Lipinski definition) is 1. The number of methoxy groups -OCH3 is 1. The molecule has 3 aromatic carbocycles. The number of fused-ring (bicyclic) bond motifs is 1. The van der Waals surface area contributed by atoms with Crippen LogP contribution in [0.5, 0.6) is 11.5 Å². The summed E-state index contributed by atoms with van der Waals surface area (Å²) in [5.41, 5.74) is 2.66. The summed E-state index contributed by atoms with van der Waals surface area (Å²) in [4.78, 5) is 13.2. The summed E-state index contributed by atoms with van der Waals surface area (Å²) >= 11 is 6.15. The van der Waals surface area contributed by atoms with Crippen LogP contribution in [0, 0.1) is 13.8 Å². The monoisotopic (exact) mass is 486 g/mol. The smallest absolute Gasteiger partial charge is 0.267 e. The predicted octanol–water partition coefficient (Wildman–Crippen LogP) is 4.56. The third kappa shape index (κ3) is 4.62. The van der Waals surface area contributed by atoms with Gasteiger partial charge in [-0.15, -0.1) is 0 Å². The van der Waals surface area contributed by atoms with Gasteiger partial charge in [-0.3, -0.25) is 9.10 Å². The third-order valence-electron chi connectivity index (χ3n) is 5.30. The highest BCUT2D eigenvalue weighted by molar-refractivity contribution is 7.92. The zero-order chi connectivity index (χ0) is 23.8. The normalized spacial score (nSPS) is 15.4. The SMILES string of the molecule is COc1ccc(NC(=O)[C@@H]2CN(S(=O)(=O)c3ccc(C)cc3)c3cc(C)ccc3O2)cc1Cl. The predicted molar refractivity (Wildman–Crippen MR) is 128 cm³/mol. The molecular weight excluding hydrogens is 464 g/mol. The lowest BCUT2D eigenvalue weighted by Gasteiger charge is -2.35. The average Bonchev–Trinajstić information content (AvgIpc) is 2.78. The van der Waals surface area contributed by atoms with E-state index in [9.17, 15) is 13.2 Å². The number of sulfonamides is 1. The maximum absolute atomic E-state index is 13.5. The van der Waals surface area contributed by atoms with E-state index in [2.05, 4.69) is 5.32 Å². The van der Waals surface area contributed by atoms with E-state index >= 15 is 0 Å². The van der Waals surface area contributed by atoms with E-state index in [-0.39, 0.29) is 11.4 Å². The van der Waals surface area contributed by atoms with Crippen LogP contribution in [0.25, 0.3) is 0 Å². The summed E-state index contributed by atoms with van der Waals surface area (Å²) in [7, 11) is -2.43. The molecule has 4 rings (SSSR count). The summed E-state index contributed by atoms with van der Waals surface area (Å²) in [5.74, 6) is 0.297. The zero-order valence-electron chi connectivity index (χ0n) is 18.3. The Labute approximate surface area is 197 Å². The molecule has 0 radical (unpaired) electrons. The number of ether oxygens (including phenoxy) is 2. The Morgan fingerprint density at radius 2 is 1.76 bits per heavy atom. The molecule has 7 nitrogen and oxygen atoms in total. The zero-order valence-corrected chi connectivity index (χ0v) is 19.9. The van der Waals surface area contributed by atoms with Crippen LogP contribution in [0.3, 0.4) is 0 Å². The number of nitrogens with zero attached hydrogens (tertiary/aromatic N) is 1. The van der Waals surface area contributed by atoms with Gasteiger partial charge in [0.25, 0.3) is 15.9 Å². The van der Waals surface area contributed by atoms with Gasteiger partial charge >= 0.3 is 0 Å². The van der Waals surface area contributed by atoms with Crippen LogP contribution in [0.15, 0.2) is 65.6 Å². The fourth-order valence-corrected chi connectivity index (χ4v) is 5.26. The summed E-state index contributed by atoms with van der Waals surface area (Å²) < 4.78 is 39.3.